The van der Waals surface area contributed by atoms with Crippen LogP contribution in [-0.4, -0.2) is 34.8 Å². The number of fused-ring (bicyclic) bond motifs is 1. The summed E-state index contributed by atoms with van der Waals surface area (Å²) in [6.07, 6.45) is 1.40. The number of benzene rings is 2. The minimum absolute atomic E-state index is 0.00506. The second-order valence-corrected chi connectivity index (χ2v) is 8.28. The maximum Gasteiger partial charge on any atom is 0.279 e. The fourth-order valence-corrected chi connectivity index (χ4v) is 3.81. The summed E-state index contributed by atoms with van der Waals surface area (Å²) in [6.45, 7) is 1.16. The predicted octanol–water partition coefficient (Wildman–Crippen LogP) is 3.73. The van der Waals surface area contributed by atoms with E-state index in [1.165, 1.54) is 10.8 Å². The van der Waals surface area contributed by atoms with E-state index in [4.69, 9.17) is 42.6 Å². The van der Waals surface area contributed by atoms with E-state index in [0.29, 0.717) is 40.3 Å². The number of hydrogen-bond donors (Lipinski definition) is 3. The van der Waals surface area contributed by atoms with Crippen LogP contribution in [0.15, 0.2) is 42.6 Å². The van der Waals surface area contributed by atoms with Gasteiger partial charge in [0.1, 0.15) is 31.1 Å². The Morgan fingerprint density at radius 1 is 1.03 bits per heavy atom. The van der Waals surface area contributed by atoms with E-state index >= 15 is 0 Å². The molecule has 2 heterocycles. The van der Waals surface area contributed by atoms with E-state index in [1.807, 2.05) is 6.07 Å². The Labute approximate surface area is 205 Å². The molecule has 4 rings (SSSR count). The molecule has 0 radical (unpaired) electrons. The molecule has 0 bridgehead atoms. The van der Waals surface area contributed by atoms with Crippen molar-refractivity contribution in [1.82, 2.24) is 15.4 Å². The molecule has 1 aliphatic rings. The van der Waals surface area contributed by atoms with Crippen molar-refractivity contribution in [2.24, 2.45) is 7.05 Å². The summed E-state index contributed by atoms with van der Waals surface area (Å²) < 4.78 is 18.4. The lowest BCUT2D eigenvalue weighted by molar-refractivity contribution is 0.0702. The molecule has 3 aromatic rings. The van der Waals surface area contributed by atoms with Crippen LogP contribution in [0.4, 0.5) is 0 Å². The molecular formula is C23H21Cl2N3O6. The topological polar surface area (TPSA) is 111 Å². The Bertz CT molecular complexity index is 1240. The molecule has 0 saturated heterocycles. The molecule has 1 aromatic heterocycles. The summed E-state index contributed by atoms with van der Waals surface area (Å²) in [5.41, 5.74) is 3.16. The molecule has 0 atom stereocenters. The summed E-state index contributed by atoms with van der Waals surface area (Å²) in [4.78, 5) is 25.3. The second-order valence-electron chi connectivity index (χ2n) is 7.47. The molecule has 3 N–H and O–H groups in total. The number of hydrogen-bond acceptors (Lipinski definition) is 6. The second kappa shape index (κ2) is 10.3. The summed E-state index contributed by atoms with van der Waals surface area (Å²) >= 11 is 12.0. The van der Waals surface area contributed by atoms with E-state index < -0.39 is 11.8 Å². The van der Waals surface area contributed by atoms with Crippen LogP contribution >= 0.6 is 23.2 Å². The molecule has 2 amide bonds. The summed E-state index contributed by atoms with van der Waals surface area (Å²) in [5, 5.41) is 12.7. The molecule has 2 aromatic carbocycles. The zero-order valence-corrected chi connectivity index (χ0v) is 19.6. The minimum Gasteiger partial charge on any atom is -0.486 e. The van der Waals surface area contributed by atoms with Gasteiger partial charge in [-0.3, -0.25) is 14.8 Å². The Morgan fingerprint density at radius 2 is 1.76 bits per heavy atom. The SMILES string of the molecule is Cn1cc(C(=O)NO)c(OCc2ccc(Cl)c(Cl)c2)c1C(=O)NCc1ccc2c(c1)OCCO2. The van der Waals surface area contributed by atoms with Gasteiger partial charge in [0.25, 0.3) is 11.8 Å². The summed E-state index contributed by atoms with van der Waals surface area (Å²) in [7, 11) is 1.60. The first-order valence-corrected chi connectivity index (χ1v) is 11.0. The molecule has 0 fully saturated rings. The Balaban J connectivity index is 1.54. The quantitative estimate of drug-likeness (QED) is 0.333. The largest absolute Gasteiger partial charge is 0.486 e. The van der Waals surface area contributed by atoms with Crippen molar-refractivity contribution in [1.29, 1.82) is 0 Å². The van der Waals surface area contributed by atoms with Crippen molar-refractivity contribution in [3.8, 4) is 17.2 Å². The summed E-state index contributed by atoms with van der Waals surface area (Å²) in [5.74, 6) is -0.00485. The number of nitrogens with zero attached hydrogens (tertiary/aromatic N) is 1. The zero-order chi connectivity index (χ0) is 24.2. The third-order valence-electron chi connectivity index (χ3n) is 5.12. The lowest BCUT2D eigenvalue weighted by atomic mass is 10.2. The third kappa shape index (κ3) is 5.06. The standard InChI is InChI=1S/C23H21Cl2N3O6/c1-28-11-15(22(29)27-31)21(34-12-14-2-4-16(24)17(25)8-14)20(28)23(30)26-10-13-3-5-18-19(9-13)33-7-6-32-18/h2-5,8-9,11,31H,6-7,10,12H2,1H3,(H,26,30)(H,27,29). The van der Waals surface area contributed by atoms with Crippen LogP contribution in [0.1, 0.15) is 32.0 Å². The van der Waals surface area contributed by atoms with Crippen LogP contribution in [0.5, 0.6) is 17.2 Å². The maximum absolute atomic E-state index is 13.1. The average molecular weight is 506 g/mol. The third-order valence-corrected chi connectivity index (χ3v) is 5.86. The number of halogens is 2. The van der Waals surface area contributed by atoms with Gasteiger partial charge in [0.15, 0.2) is 17.2 Å². The number of aryl methyl sites for hydroxylation is 1. The first-order chi connectivity index (χ1) is 16.4. The molecule has 178 valence electrons. The molecule has 0 unspecified atom stereocenters. The van der Waals surface area contributed by atoms with Crippen molar-refractivity contribution in [2.45, 2.75) is 13.2 Å². The van der Waals surface area contributed by atoms with Crippen LogP contribution in [0.25, 0.3) is 0 Å². The maximum atomic E-state index is 13.1. The van der Waals surface area contributed by atoms with Crippen LogP contribution in [-0.2, 0) is 20.2 Å². The van der Waals surface area contributed by atoms with E-state index in [1.54, 1.807) is 42.9 Å². The number of carbonyl (C=O) groups is 2. The number of hydroxylamine groups is 1. The van der Waals surface area contributed by atoms with Gasteiger partial charge in [0.05, 0.1) is 10.0 Å². The normalized spacial score (nSPS) is 12.2. The van der Waals surface area contributed by atoms with E-state index in [-0.39, 0.29) is 30.2 Å². The summed E-state index contributed by atoms with van der Waals surface area (Å²) in [6, 6.07) is 10.4. The lowest BCUT2D eigenvalue weighted by Crippen LogP contribution is -2.26. The fraction of sp³-hybridized carbons (Fsp3) is 0.217. The minimum atomic E-state index is -0.814. The first kappa shape index (κ1) is 23.7. The van der Waals surface area contributed by atoms with Crippen molar-refractivity contribution in [3.05, 3.63) is 75.0 Å². The Kier molecular flexibility index (Phi) is 7.16. The van der Waals surface area contributed by atoms with Gasteiger partial charge in [-0.05, 0) is 35.4 Å². The molecule has 0 aliphatic carbocycles. The number of nitrogens with one attached hydrogen (secondary N) is 2. The number of amides is 2. The lowest BCUT2D eigenvalue weighted by Gasteiger charge is -2.19. The van der Waals surface area contributed by atoms with Gasteiger partial charge in [-0.1, -0.05) is 35.3 Å². The van der Waals surface area contributed by atoms with Gasteiger partial charge >= 0.3 is 0 Å². The van der Waals surface area contributed by atoms with Crippen LogP contribution in [0.3, 0.4) is 0 Å². The molecule has 34 heavy (non-hydrogen) atoms. The van der Waals surface area contributed by atoms with Crippen LogP contribution < -0.4 is 25.0 Å². The number of aromatic nitrogens is 1. The van der Waals surface area contributed by atoms with Gasteiger partial charge < -0.3 is 24.1 Å². The molecule has 11 heteroatoms. The molecule has 0 saturated carbocycles. The number of carbonyl (C=O) groups excluding carboxylic acids is 2. The Morgan fingerprint density at radius 3 is 2.50 bits per heavy atom. The molecule has 9 nitrogen and oxygen atoms in total. The Hall–Kier alpha value is -3.40. The smallest absolute Gasteiger partial charge is 0.279 e. The van der Waals surface area contributed by atoms with Gasteiger partial charge in [0.2, 0.25) is 0 Å². The van der Waals surface area contributed by atoms with E-state index in [0.717, 1.165) is 5.56 Å². The van der Waals surface area contributed by atoms with Gasteiger partial charge in [-0.2, -0.15) is 0 Å². The highest BCUT2D eigenvalue weighted by Gasteiger charge is 2.26. The van der Waals surface area contributed by atoms with Crippen LogP contribution in [0, 0.1) is 0 Å². The molecular weight excluding hydrogens is 485 g/mol. The predicted molar refractivity (Wildman–Crippen MR) is 124 cm³/mol. The van der Waals surface area contributed by atoms with Gasteiger partial charge in [0, 0.05) is 19.8 Å². The highest BCUT2D eigenvalue weighted by atomic mass is 35.5. The first-order valence-electron chi connectivity index (χ1n) is 10.2. The monoisotopic (exact) mass is 505 g/mol. The molecule has 1 aliphatic heterocycles. The highest BCUT2D eigenvalue weighted by molar-refractivity contribution is 6.42. The van der Waals surface area contributed by atoms with Crippen molar-refractivity contribution < 1.29 is 29.0 Å². The number of ether oxygens (including phenoxy) is 3. The zero-order valence-electron chi connectivity index (χ0n) is 18.1. The van der Waals surface area contributed by atoms with Crippen molar-refractivity contribution in [2.75, 3.05) is 13.2 Å². The van der Waals surface area contributed by atoms with Crippen molar-refractivity contribution >= 4 is 35.0 Å². The van der Waals surface area contributed by atoms with Gasteiger partial charge in [-0.25, -0.2) is 5.48 Å². The van der Waals surface area contributed by atoms with Crippen LogP contribution in [0.2, 0.25) is 10.0 Å². The van der Waals surface area contributed by atoms with Crippen molar-refractivity contribution in [3.63, 3.8) is 0 Å². The van der Waals surface area contributed by atoms with Gasteiger partial charge in [-0.15, -0.1) is 0 Å². The fourth-order valence-electron chi connectivity index (χ4n) is 3.48. The molecule has 0 spiro atoms. The van der Waals surface area contributed by atoms with E-state index in [2.05, 4.69) is 5.32 Å². The average Bonchev–Trinajstić information content (AvgIpc) is 3.18. The van der Waals surface area contributed by atoms with E-state index in [9.17, 15) is 9.59 Å². The number of rotatable bonds is 7. The highest BCUT2D eigenvalue weighted by Crippen LogP contribution is 2.31.